The molecule has 102 valence electrons. The van der Waals surface area contributed by atoms with Gasteiger partial charge in [0.15, 0.2) is 0 Å². The summed E-state index contributed by atoms with van der Waals surface area (Å²) >= 11 is 0. The standard InChI is InChI=1S/C11H12O2.C4H6O2/c1-9(11(12)13)7-8-10-5-3-2-4-6-10;1-3(2)4(5)6/h2-7H,8H2,1H3,(H,12,13);1H2,2H3,(H,5,6). The van der Waals surface area contributed by atoms with E-state index in [2.05, 4.69) is 6.58 Å². The summed E-state index contributed by atoms with van der Waals surface area (Å²) in [7, 11) is 0. The zero-order chi connectivity index (χ0) is 14.8. The maximum absolute atomic E-state index is 10.5. The first-order valence-electron chi connectivity index (χ1n) is 5.67. The maximum atomic E-state index is 10.5. The number of hydrogen-bond donors (Lipinski definition) is 2. The van der Waals surface area contributed by atoms with E-state index in [1.165, 1.54) is 6.92 Å². The minimum atomic E-state index is -0.935. The Hall–Kier alpha value is -2.36. The van der Waals surface area contributed by atoms with Gasteiger partial charge < -0.3 is 10.2 Å². The van der Waals surface area contributed by atoms with Crippen molar-refractivity contribution < 1.29 is 19.8 Å². The molecule has 19 heavy (non-hydrogen) atoms. The molecule has 4 nitrogen and oxygen atoms in total. The van der Waals surface area contributed by atoms with Crippen molar-refractivity contribution >= 4 is 11.9 Å². The lowest BCUT2D eigenvalue weighted by atomic mass is 10.1. The monoisotopic (exact) mass is 262 g/mol. The molecule has 0 aliphatic heterocycles. The summed E-state index contributed by atoms with van der Waals surface area (Å²) < 4.78 is 0. The molecule has 0 amide bonds. The first-order chi connectivity index (χ1) is 8.84. The third-order valence-electron chi connectivity index (χ3n) is 2.19. The average Bonchev–Trinajstić information content (AvgIpc) is 2.37. The van der Waals surface area contributed by atoms with Crippen LogP contribution in [0.5, 0.6) is 0 Å². The van der Waals surface area contributed by atoms with Crippen LogP contribution in [0.1, 0.15) is 19.4 Å². The Kier molecular flexibility index (Phi) is 7.61. The summed E-state index contributed by atoms with van der Waals surface area (Å²) in [6.07, 6.45) is 2.40. The zero-order valence-corrected chi connectivity index (χ0v) is 11.1. The normalized spacial score (nSPS) is 10.1. The SMILES string of the molecule is C=C(C)C(=O)O.CC(=CCc1ccccc1)C(=O)O. The topological polar surface area (TPSA) is 74.6 Å². The molecule has 1 aromatic rings. The van der Waals surface area contributed by atoms with Gasteiger partial charge in [-0.05, 0) is 25.8 Å². The van der Waals surface area contributed by atoms with Crippen molar-refractivity contribution in [1.82, 2.24) is 0 Å². The van der Waals surface area contributed by atoms with Crippen LogP contribution in [0.4, 0.5) is 0 Å². The van der Waals surface area contributed by atoms with Gasteiger partial charge in [0, 0.05) is 11.1 Å². The number of hydrogen-bond acceptors (Lipinski definition) is 2. The van der Waals surface area contributed by atoms with Crippen molar-refractivity contribution in [3.05, 3.63) is 59.7 Å². The second kappa shape index (κ2) is 8.69. The highest BCUT2D eigenvalue weighted by molar-refractivity contribution is 5.85. The van der Waals surface area contributed by atoms with Gasteiger partial charge in [0.2, 0.25) is 0 Å². The molecule has 2 N–H and O–H groups in total. The second-order valence-electron chi connectivity index (χ2n) is 3.97. The van der Waals surface area contributed by atoms with E-state index in [-0.39, 0.29) is 5.57 Å². The van der Waals surface area contributed by atoms with Crippen LogP contribution < -0.4 is 0 Å². The minimum absolute atomic E-state index is 0.176. The third-order valence-corrected chi connectivity index (χ3v) is 2.19. The molecule has 0 aliphatic rings. The van der Waals surface area contributed by atoms with E-state index < -0.39 is 11.9 Å². The van der Waals surface area contributed by atoms with E-state index >= 15 is 0 Å². The van der Waals surface area contributed by atoms with Crippen LogP contribution in [-0.4, -0.2) is 22.2 Å². The highest BCUT2D eigenvalue weighted by atomic mass is 16.4. The highest BCUT2D eigenvalue weighted by Crippen LogP contribution is 2.02. The first-order valence-corrected chi connectivity index (χ1v) is 5.67. The molecular weight excluding hydrogens is 244 g/mol. The predicted molar refractivity (Wildman–Crippen MR) is 74.0 cm³/mol. The van der Waals surface area contributed by atoms with Gasteiger partial charge >= 0.3 is 11.9 Å². The van der Waals surface area contributed by atoms with Gasteiger partial charge in [-0.15, -0.1) is 0 Å². The molecule has 0 heterocycles. The average molecular weight is 262 g/mol. The Morgan fingerprint density at radius 3 is 1.95 bits per heavy atom. The molecule has 1 rings (SSSR count). The van der Waals surface area contributed by atoms with Crippen molar-refractivity contribution in [2.24, 2.45) is 0 Å². The molecule has 0 unspecified atom stereocenters. The van der Waals surface area contributed by atoms with Gasteiger partial charge in [0.25, 0.3) is 0 Å². The number of rotatable bonds is 4. The van der Waals surface area contributed by atoms with Gasteiger partial charge in [-0.1, -0.05) is 43.0 Å². The highest BCUT2D eigenvalue weighted by Gasteiger charge is 1.98. The fourth-order valence-corrected chi connectivity index (χ4v) is 0.972. The summed E-state index contributed by atoms with van der Waals surface area (Å²) in [5.74, 6) is -1.79. The number of allylic oxidation sites excluding steroid dienone is 1. The van der Waals surface area contributed by atoms with E-state index in [0.29, 0.717) is 12.0 Å². The predicted octanol–water partition coefficient (Wildman–Crippen LogP) is 2.91. The molecule has 0 fully saturated rings. The first kappa shape index (κ1) is 16.6. The van der Waals surface area contributed by atoms with Crippen LogP contribution in [0.25, 0.3) is 0 Å². The summed E-state index contributed by atoms with van der Waals surface area (Å²) in [5, 5.41) is 16.5. The maximum Gasteiger partial charge on any atom is 0.330 e. The summed E-state index contributed by atoms with van der Waals surface area (Å²) in [4.78, 5) is 20.1. The lowest BCUT2D eigenvalue weighted by Gasteiger charge is -1.95. The lowest BCUT2D eigenvalue weighted by molar-refractivity contribution is -0.133. The lowest BCUT2D eigenvalue weighted by Crippen LogP contribution is -1.96. The molecule has 0 aromatic heterocycles. The van der Waals surface area contributed by atoms with Crippen LogP contribution in [0, 0.1) is 0 Å². The summed E-state index contributed by atoms with van der Waals surface area (Å²) in [6, 6.07) is 9.78. The zero-order valence-electron chi connectivity index (χ0n) is 11.1. The number of carboxylic acid groups (broad SMARTS) is 2. The minimum Gasteiger partial charge on any atom is -0.478 e. The van der Waals surface area contributed by atoms with Gasteiger partial charge in [-0.25, -0.2) is 9.59 Å². The number of carbonyl (C=O) groups is 2. The third kappa shape index (κ3) is 8.37. The van der Waals surface area contributed by atoms with E-state index in [1.807, 2.05) is 30.3 Å². The number of carboxylic acids is 2. The van der Waals surface area contributed by atoms with Gasteiger partial charge in [0.05, 0.1) is 0 Å². The van der Waals surface area contributed by atoms with E-state index in [9.17, 15) is 9.59 Å². The van der Waals surface area contributed by atoms with Crippen LogP contribution >= 0.6 is 0 Å². The Morgan fingerprint density at radius 2 is 1.58 bits per heavy atom. The largest absolute Gasteiger partial charge is 0.478 e. The Bertz CT molecular complexity index is 460. The van der Waals surface area contributed by atoms with E-state index in [4.69, 9.17) is 10.2 Å². The van der Waals surface area contributed by atoms with Crippen LogP contribution in [0.2, 0.25) is 0 Å². The molecule has 4 heteroatoms. The molecule has 1 aromatic carbocycles. The fraction of sp³-hybridized carbons (Fsp3) is 0.200. The smallest absolute Gasteiger partial charge is 0.330 e. The number of benzene rings is 1. The van der Waals surface area contributed by atoms with Crippen molar-refractivity contribution in [2.75, 3.05) is 0 Å². The van der Waals surface area contributed by atoms with Gasteiger partial charge in [0.1, 0.15) is 0 Å². The van der Waals surface area contributed by atoms with Crippen molar-refractivity contribution in [3.8, 4) is 0 Å². The summed E-state index contributed by atoms with van der Waals surface area (Å²) in [5.41, 5.74) is 1.70. The van der Waals surface area contributed by atoms with Crippen LogP contribution in [0.15, 0.2) is 54.1 Å². The molecular formula is C15H18O4. The molecule has 0 saturated carbocycles. The Balaban J connectivity index is 0.000000459. The van der Waals surface area contributed by atoms with Crippen molar-refractivity contribution in [1.29, 1.82) is 0 Å². The molecule has 0 atom stereocenters. The van der Waals surface area contributed by atoms with Crippen molar-refractivity contribution in [3.63, 3.8) is 0 Å². The molecule has 0 aliphatic carbocycles. The quantitative estimate of drug-likeness (QED) is 0.818. The van der Waals surface area contributed by atoms with Crippen LogP contribution in [-0.2, 0) is 16.0 Å². The molecule has 0 spiro atoms. The van der Waals surface area contributed by atoms with Crippen LogP contribution in [0.3, 0.4) is 0 Å². The Labute approximate surface area is 112 Å². The fourth-order valence-electron chi connectivity index (χ4n) is 0.972. The molecule has 0 saturated heterocycles. The molecule has 0 bridgehead atoms. The van der Waals surface area contributed by atoms with Crippen molar-refractivity contribution in [2.45, 2.75) is 20.3 Å². The van der Waals surface area contributed by atoms with Gasteiger partial charge in [-0.2, -0.15) is 0 Å². The second-order valence-corrected chi connectivity index (χ2v) is 3.97. The van der Waals surface area contributed by atoms with E-state index in [0.717, 1.165) is 5.56 Å². The molecule has 0 radical (unpaired) electrons. The Morgan fingerprint density at radius 1 is 1.11 bits per heavy atom. The van der Waals surface area contributed by atoms with Gasteiger partial charge in [-0.3, -0.25) is 0 Å². The number of aliphatic carboxylic acids is 2. The summed E-state index contributed by atoms with van der Waals surface area (Å²) in [6.45, 7) is 6.20. The van der Waals surface area contributed by atoms with E-state index in [1.54, 1.807) is 13.0 Å².